The molecule has 4 fully saturated rings. The van der Waals surface area contributed by atoms with Gasteiger partial charge in [-0.15, -0.1) is 0 Å². The Hall–Kier alpha value is -1.48. The van der Waals surface area contributed by atoms with Crippen LogP contribution in [0.3, 0.4) is 0 Å². The maximum absolute atomic E-state index is 3.24. The number of nitrogens with one attached hydrogen (secondary N) is 1. The topological polar surface area (TPSA) is 44.4 Å². The lowest BCUT2D eigenvalue weighted by molar-refractivity contribution is 0.181. The highest BCUT2D eigenvalue weighted by Gasteiger charge is 2.12. The van der Waals surface area contributed by atoms with E-state index >= 15 is 0 Å². The molecule has 0 bridgehead atoms. The van der Waals surface area contributed by atoms with E-state index in [0.717, 1.165) is 19.0 Å². The Kier molecular flexibility index (Phi) is 40.7. The van der Waals surface area contributed by atoms with Crippen molar-refractivity contribution >= 4 is 0 Å². The fraction of sp³-hybridized carbons (Fsp3) is 0.864. The zero-order valence-corrected chi connectivity index (χ0v) is 49.6. The first-order chi connectivity index (χ1) is 33.4. The van der Waals surface area contributed by atoms with Crippen LogP contribution in [0.4, 0.5) is 0 Å². The van der Waals surface area contributed by atoms with E-state index in [2.05, 4.69) is 184 Å². The van der Waals surface area contributed by atoms with E-state index in [-0.39, 0.29) is 0 Å². The van der Waals surface area contributed by atoms with Crippen LogP contribution in [0.2, 0.25) is 0 Å². The van der Waals surface area contributed by atoms with E-state index in [1.807, 2.05) is 0 Å². The van der Waals surface area contributed by atoms with E-state index in [1.165, 1.54) is 220 Å². The van der Waals surface area contributed by atoms with E-state index in [4.69, 9.17) is 0 Å². The molecule has 8 aliphatic rings. The molecule has 1 N–H and O–H groups in total. The number of hydrogen-bond donors (Lipinski definition) is 1. The highest BCUT2D eigenvalue weighted by atomic mass is 15.2. The van der Waals surface area contributed by atoms with E-state index in [0.29, 0.717) is 0 Å². The van der Waals surface area contributed by atoms with Crippen LogP contribution in [0.5, 0.6) is 0 Å². The van der Waals surface area contributed by atoms with Gasteiger partial charge in [-0.05, 0) is 260 Å². The summed E-state index contributed by atoms with van der Waals surface area (Å²) in [5.74, 6) is 0.978. The molecule has 0 aromatic rings. The highest BCUT2D eigenvalue weighted by Crippen LogP contribution is 2.14. The molecule has 0 atom stereocenters. The number of hydrogen-bond acceptors (Lipinski definition) is 11. The Bertz CT molecular complexity index is 1280. The van der Waals surface area contributed by atoms with Crippen LogP contribution in [-0.2, 0) is 0 Å². The van der Waals surface area contributed by atoms with Gasteiger partial charge in [0, 0.05) is 72.0 Å². The summed E-state index contributed by atoms with van der Waals surface area (Å²) in [7, 11) is 21.9. The summed E-state index contributed by atoms with van der Waals surface area (Å²) in [5, 5.41) is 3.24. The molecule has 70 heavy (non-hydrogen) atoms. The normalized spacial score (nSPS) is 25.2. The lowest BCUT2D eigenvalue weighted by Crippen LogP contribution is -2.42. The average Bonchev–Trinajstić information content (AvgIpc) is 3.74. The van der Waals surface area contributed by atoms with Crippen molar-refractivity contribution in [2.45, 2.75) is 118 Å². The molecular weight excluding hydrogens is 863 g/mol. The van der Waals surface area contributed by atoms with Crippen LogP contribution in [0.1, 0.15) is 118 Å². The Morgan fingerprint density at radius 1 is 0.329 bits per heavy atom. The Morgan fingerprint density at radius 3 is 1.06 bits per heavy atom. The fourth-order valence-corrected chi connectivity index (χ4v) is 9.02. The molecule has 0 radical (unpaired) electrons. The zero-order valence-electron chi connectivity index (χ0n) is 49.6. The summed E-state index contributed by atoms with van der Waals surface area (Å²) in [6.45, 7) is 38.4. The van der Waals surface area contributed by atoms with Gasteiger partial charge in [-0.3, -0.25) is 0 Å². The second-order valence-electron chi connectivity index (χ2n) is 22.9. The van der Waals surface area contributed by atoms with Crippen LogP contribution < -0.4 is 5.32 Å². The van der Waals surface area contributed by atoms with Crippen LogP contribution in [0.25, 0.3) is 0 Å². The van der Waals surface area contributed by atoms with Crippen molar-refractivity contribution in [2.75, 3.05) is 214 Å². The third-order valence-electron chi connectivity index (χ3n) is 15.0. The molecule has 11 nitrogen and oxygen atoms in total. The molecule has 0 unspecified atom stereocenters. The van der Waals surface area contributed by atoms with Gasteiger partial charge in [0.1, 0.15) is 0 Å². The van der Waals surface area contributed by atoms with Gasteiger partial charge in [0.05, 0.1) is 0 Å². The van der Waals surface area contributed by atoms with Gasteiger partial charge < -0.3 is 54.3 Å². The van der Waals surface area contributed by atoms with Crippen molar-refractivity contribution < 1.29 is 0 Å². The second-order valence-corrected chi connectivity index (χ2v) is 22.9. The molecule has 8 heterocycles. The van der Waals surface area contributed by atoms with Crippen molar-refractivity contribution in [3.63, 3.8) is 0 Å². The summed E-state index contributed by atoms with van der Waals surface area (Å²) in [6, 6.07) is 0. The van der Waals surface area contributed by atoms with E-state index in [1.54, 1.807) is 16.7 Å². The molecule has 8 aliphatic heterocycles. The van der Waals surface area contributed by atoms with Crippen molar-refractivity contribution in [1.29, 1.82) is 0 Å². The molecule has 0 aliphatic carbocycles. The number of allylic oxidation sites excluding steroid dienone is 2. The predicted octanol–water partition coefficient (Wildman–Crippen LogP) is 8.40. The van der Waals surface area contributed by atoms with Gasteiger partial charge >= 0.3 is 0 Å². The van der Waals surface area contributed by atoms with Gasteiger partial charge in [0.25, 0.3) is 0 Å². The first-order valence-corrected chi connectivity index (χ1v) is 28.6. The first-order valence-electron chi connectivity index (χ1n) is 28.6. The molecule has 0 saturated carbocycles. The van der Waals surface area contributed by atoms with Crippen LogP contribution in [0, 0.1) is 5.92 Å². The smallest absolute Gasteiger partial charge is 0.0162 e. The number of piperazine rings is 1. The van der Waals surface area contributed by atoms with Gasteiger partial charge in [0.15, 0.2) is 0 Å². The number of rotatable bonds is 0. The summed E-state index contributed by atoms with van der Waals surface area (Å²) >= 11 is 0. The lowest BCUT2D eigenvalue weighted by Gasteiger charge is -2.28. The lowest BCUT2D eigenvalue weighted by atomic mass is 10.00. The summed E-state index contributed by atoms with van der Waals surface area (Å²) in [6.07, 6.45) is 26.3. The van der Waals surface area contributed by atoms with E-state index in [9.17, 15) is 0 Å². The minimum absolute atomic E-state index is 0.978. The van der Waals surface area contributed by atoms with Gasteiger partial charge in [-0.25, -0.2) is 0 Å². The minimum atomic E-state index is 0.978. The van der Waals surface area contributed by atoms with Gasteiger partial charge in [-0.1, -0.05) is 53.5 Å². The monoisotopic (exact) mass is 984 g/mol. The van der Waals surface area contributed by atoms with Crippen LogP contribution >= 0.6 is 0 Å². The third kappa shape index (κ3) is 40.9. The number of likely N-dealkylation sites (tertiary alicyclic amines) is 1. The van der Waals surface area contributed by atoms with Gasteiger partial charge in [0.2, 0.25) is 0 Å². The number of likely N-dealkylation sites (N-methyl/N-ethyl adjacent to an activating group) is 5. The molecule has 0 spiro atoms. The zero-order chi connectivity index (χ0) is 51.9. The largest absolute Gasteiger partial charge is 0.313 e. The van der Waals surface area contributed by atoms with Crippen LogP contribution in [-0.4, -0.2) is 263 Å². The maximum Gasteiger partial charge on any atom is 0.0162 e. The SMILES string of the molecule is C/C1=C/CCN(C)CCC1.CC1=CCCN(C)CC1.CC1=CCN(C)CCC1.CC1=CCNCC1.CC1CCN(C)CC1.CN1CCCN(C)CC1.CN1CCCN(C)CCC1.CN1CCN(C)CC1. The predicted molar refractivity (Wildman–Crippen MR) is 312 cm³/mol. The van der Waals surface area contributed by atoms with E-state index < -0.39 is 0 Å². The molecule has 8 rings (SSSR count). The Morgan fingerprint density at radius 2 is 0.657 bits per heavy atom. The molecule has 0 aromatic carbocycles. The summed E-state index contributed by atoms with van der Waals surface area (Å²) in [5.41, 5.74) is 6.21. The first kappa shape index (κ1) is 66.5. The maximum atomic E-state index is 3.24. The highest BCUT2D eigenvalue weighted by molar-refractivity contribution is 5.03. The number of piperidine rings is 1. The standard InChI is InChI=1S/C9H17N.C8H18N2.2C8H15N.C7H16N2.C7H15N.C6H14N2.C6H11N/c2*1-9-5-3-7-10(2)8-4-6-9;2*1-8-4-3-6-9(2)7-5-8;1-8-4-3-5-9(2)7-6-8;2*1-7-3-5-8(2)6-4-7;1-6-2-4-7-5-3-6/h5H,3-4,6-8H2,1-2H3;3-8H2,1-2H3;5H,3-4,6-7H2,1-2H3;4H,3,5-7H2,1-2H3;3-7H2,1-2H3;7H,3-6H2,1-2H3;3-6H2,1-2H3;2,7H,3-5H2,1H3/b9-5-;;;;;;;. The van der Waals surface area contributed by atoms with Crippen molar-refractivity contribution in [3.05, 3.63) is 46.6 Å². The Balaban J connectivity index is 0.000000401. The average molecular weight is 985 g/mol. The molecular formula is C59H121N11. The molecule has 0 aromatic heterocycles. The molecule has 0 amide bonds. The second kappa shape index (κ2) is 42.8. The molecule has 412 valence electrons. The van der Waals surface area contributed by atoms with Crippen molar-refractivity contribution in [3.8, 4) is 0 Å². The Labute approximate surface area is 437 Å². The molecule has 11 heteroatoms. The summed E-state index contributed by atoms with van der Waals surface area (Å²) in [4.78, 5) is 23.9. The fourth-order valence-electron chi connectivity index (χ4n) is 9.02. The van der Waals surface area contributed by atoms with Crippen molar-refractivity contribution in [2.24, 2.45) is 5.92 Å². The van der Waals surface area contributed by atoms with Gasteiger partial charge in [-0.2, -0.15) is 0 Å². The quantitative estimate of drug-likeness (QED) is 0.239. The van der Waals surface area contributed by atoms with Crippen LogP contribution in [0.15, 0.2) is 46.6 Å². The minimum Gasteiger partial charge on any atom is -0.313 e. The van der Waals surface area contributed by atoms with Crippen molar-refractivity contribution in [1.82, 2.24) is 54.3 Å². The molecule has 4 saturated heterocycles. The number of nitrogens with zero attached hydrogens (tertiary/aromatic N) is 10. The third-order valence-corrected chi connectivity index (χ3v) is 15.0. The summed E-state index contributed by atoms with van der Waals surface area (Å²) < 4.78 is 0.